The van der Waals surface area contributed by atoms with Crippen molar-refractivity contribution in [2.45, 2.75) is 13.8 Å². The highest BCUT2D eigenvalue weighted by molar-refractivity contribution is 5.84. The Labute approximate surface area is 152 Å². The van der Waals surface area contributed by atoms with E-state index in [1.807, 2.05) is 19.9 Å². The Morgan fingerprint density at radius 3 is 2.85 bits per heavy atom. The number of ether oxygens (including phenoxy) is 2. The summed E-state index contributed by atoms with van der Waals surface area (Å²) in [6.07, 6.45) is 1.54. The van der Waals surface area contributed by atoms with Crippen LogP contribution in [-0.4, -0.2) is 54.2 Å². The zero-order chi connectivity index (χ0) is 18.4. The smallest absolute Gasteiger partial charge is 0.227 e. The van der Waals surface area contributed by atoms with Crippen LogP contribution in [0.4, 0.5) is 11.8 Å². The number of aromatic nitrogens is 2. The van der Waals surface area contributed by atoms with E-state index in [0.717, 1.165) is 18.8 Å². The second-order valence-electron chi connectivity index (χ2n) is 5.82. The molecule has 0 spiro atoms. The second-order valence-corrected chi connectivity index (χ2v) is 5.82. The zero-order valence-electron chi connectivity index (χ0n) is 15.0. The van der Waals surface area contributed by atoms with Gasteiger partial charge in [-0.2, -0.15) is 10.1 Å². The van der Waals surface area contributed by atoms with Gasteiger partial charge in [0.25, 0.3) is 0 Å². The van der Waals surface area contributed by atoms with E-state index >= 15 is 0 Å². The average Bonchev–Trinajstić information content (AvgIpc) is 2.64. The molecule has 3 rings (SSSR count). The summed E-state index contributed by atoms with van der Waals surface area (Å²) in [5, 5.41) is 14.2. The Bertz CT molecular complexity index is 775. The molecule has 0 amide bonds. The molecule has 0 saturated carbocycles. The van der Waals surface area contributed by atoms with Gasteiger partial charge in [-0.1, -0.05) is 0 Å². The fourth-order valence-electron chi connectivity index (χ4n) is 2.57. The molecule has 0 aliphatic carbocycles. The number of aryl methyl sites for hydroxylation is 1. The fourth-order valence-corrected chi connectivity index (χ4v) is 2.57. The summed E-state index contributed by atoms with van der Waals surface area (Å²) in [5.41, 5.74) is 4.33. The van der Waals surface area contributed by atoms with Gasteiger partial charge in [-0.15, -0.1) is 0 Å². The molecule has 0 unspecified atom stereocenters. The normalized spacial score (nSPS) is 14.6. The third-order valence-electron chi connectivity index (χ3n) is 3.83. The highest BCUT2D eigenvalue weighted by Crippen LogP contribution is 2.22. The van der Waals surface area contributed by atoms with Crippen molar-refractivity contribution in [1.29, 1.82) is 0 Å². The Balaban J connectivity index is 1.69. The molecule has 8 nitrogen and oxygen atoms in total. The van der Waals surface area contributed by atoms with Crippen LogP contribution >= 0.6 is 0 Å². The van der Waals surface area contributed by atoms with Gasteiger partial charge in [0.05, 0.1) is 26.0 Å². The molecule has 1 aromatic heterocycles. The van der Waals surface area contributed by atoms with E-state index in [0.29, 0.717) is 42.9 Å². The number of anilines is 2. The van der Waals surface area contributed by atoms with E-state index in [9.17, 15) is 5.11 Å². The van der Waals surface area contributed by atoms with Gasteiger partial charge < -0.3 is 19.5 Å². The number of nitrogens with zero attached hydrogens (tertiary/aromatic N) is 4. The predicted molar refractivity (Wildman–Crippen MR) is 100 cm³/mol. The van der Waals surface area contributed by atoms with Crippen LogP contribution in [0.5, 0.6) is 11.5 Å². The van der Waals surface area contributed by atoms with E-state index in [-0.39, 0.29) is 5.75 Å². The number of rotatable bonds is 6. The average molecular weight is 357 g/mol. The quantitative estimate of drug-likeness (QED) is 0.605. The Morgan fingerprint density at radius 2 is 2.12 bits per heavy atom. The van der Waals surface area contributed by atoms with Crippen LogP contribution < -0.4 is 15.1 Å². The minimum atomic E-state index is 0.106. The van der Waals surface area contributed by atoms with E-state index in [4.69, 9.17) is 9.47 Å². The van der Waals surface area contributed by atoms with E-state index in [2.05, 4.69) is 25.4 Å². The Hall–Kier alpha value is -2.87. The van der Waals surface area contributed by atoms with Gasteiger partial charge in [-0.05, 0) is 26.0 Å². The molecule has 26 heavy (non-hydrogen) atoms. The Morgan fingerprint density at radius 1 is 1.31 bits per heavy atom. The highest BCUT2D eigenvalue weighted by atomic mass is 16.5. The molecule has 0 bridgehead atoms. The standard InChI is InChI=1S/C18H23N5O3/c1-3-26-15-5-4-14(16(24)11-15)12-19-22-17-10-13(2)20-18(21-17)23-6-8-25-9-7-23/h4-5,10-12,24H,3,6-9H2,1-2H3,(H,20,21,22)/b19-12+. The molecule has 2 N–H and O–H groups in total. The monoisotopic (exact) mass is 357 g/mol. The number of phenolic OH excluding ortho intramolecular Hbond substituents is 1. The summed E-state index contributed by atoms with van der Waals surface area (Å²) < 4.78 is 10.7. The number of nitrogens with one attached hydrogen (secondary N) is 1. The summed E-state index contributed by atoms with van der Waals surface area (Å²) in [4.78, 5) is 11.1. The van der Waals surface area contributed by atoms with Crippen molar-refractivity contribution < 1.29 is 14.6 Å². The number of hydrogen-bond donors (Lipinski definition) is 2. The molecule has 8 heteroatoms. The molecule has 2 heterocycles. The van der Waals surface area contributed by atoms with Gasteiger partial charge in [0, 0.05) is 36.5 Å². The van der Waals surface area contributed by atoms with Gasteiger partial charge in [0.2, 0.25) is 5.95 Å². The first-order valence-corrected chi connectivity index (χ1v) is 8.59. The number of aromatic hydroxyl groups is 1. The number of hydrogen-bond acceptors (Lipinski definition) is 8. The lowest BCUT2D eigenvalue weighted by Crippen LogP contribution is -2.37. The SMILES string of the molecule is CCOc1ccc(/C=N/Nc2cc(C)nc(N3CCOCC3)n2)c(O)c1. The summed E-state index contributed by atoms with van der Waals surface area (Å²) in [6, 6.07) is 6.92. The van der Waals surface area contributed by atoms with Crippen LogP contribution in [-0.2, 0) is 4.74 Å². The molecule has 1 aromatic carbocycles. The molecule has 1 aliphatic heterocycles. The summed E-state index contributed by atoms with van der Waals surface area (Å²) in [5.74, 6) is 1.99. The topological polar surface area (TPSA) is 92.1 Å². The largest absolute Gasteiger partial charge is 0.507 e. The van der Waals surface area contributed by atoms with Crippen LogP contribution in [0.3, 0.4) is 0 Å². The van der Waals surface area contributed by atoms with E-state index in [1.54, 1.807) is 18.2 Å². The molecular formula is C18H23N5O3. The molecule has 0 atom stereocenters. The molecule has 138 valence electrons. The van der Waals surface area contributed by atoms with Crippen molar-refractivity contribution in [3.8, 4) is 11.5 Å². The molecule has 1 saturated heterocycles. The summed E-state index contributed by atoms with van der Waals surface area (Å²) >= 11 is 0. The van der Waals surface area contributed by atoms with Gasteiger partial charge >= 0.3 is 0 Å². The van der Waals surface area contributed by atoms with Crippen molar-refractivity contribution in [3.05, 3.63) is 35.5 Å². The number of morpholine rings is 1. The van der Waals surface area contributed by atoms with Crippen LogP contribution in [0, 0.1) is 6.92 Å². The first-order chi connectivity index (χ1) is 12.7. The number of phenols is 1. The minimum Gasteiger partial charge on any atom is -0.507 e. The zero-order valence-corrected chi connectivity index (χ0v) is 15.0. The third kappa shape index (κ3) is 4.60. The fraction of sp³-hybridized carbons (Fsp3) is 0.389. The van der Waals surface area contributed by atoms with Gasteiger partial charge in [-0.25, -0.2) is 4.98 Å². The van der Waals surface area contributed by atoms with Crippen molar-refractivity contribution in [1.82, 2.24) is 9.97 Å². The van der Waals surface area contributed by atoms with Crippen molar-refractivity contribution in [2.24, 2.45) is 5.10 Å². The van der Waals surface area contributed by atoms with Gasteiger partial charge in [-0.3, -0.25) is 5.43 Å². The van der Waals surface area contributed by atoms with Crippen LogP contribution in [0.2, 0.25) is 0 Å². The van der Waals surface area contributed by atoms with Crippen molar-refractivity contribution >= 4 is 18.0 Å². The number of benzene rings is 1. The van der Waals surface area contributed by atoms with Gasteiger partial charge in [0.1, 0.15) is 11.5 Å². The lowest BCUT2D eigenvalue weighted by atomic mass is 10.2. The van der Waals surface area contributed by atoms with Crippen molar-refractivity contribution in [3.63, 3.8) is 0 Å². The maximum absolute atomic E-state index is 10.0. The van der Waals surface area contributed by atoms with E-state index < -0.39 is 0 Å². The lowest BCUT2D eigenvalue weighted by Gasteiger charge is -2.27. The minimum absolute atomic E-state index is 0.106. The van der Waals surface area contributed by atoms with Crippen LogP contribution in [0.1, 0.15) is 18.2 Å². The maximum atomic E-state index is 10.0. The van der Waals surface area contributed by atoms with Crippen molar-refractivity contribution in [2.75, 3.05) is 43.2 Å². The van der Waals surface area contributed by atoms with E-state index in [1.165, 1.54) is 6.21 Å². The third-order valence-corrected chi connectivity index (χ3v) is 3.83. The second kappa shape index (κ2) is 8.48. The maximum Gasteiger partial charge on any atom is 0.227 e. The summed E-state index contributed by atoms with van der Waals surface area (Å²) in [6.45, 7) is 7.25. The predicted octanol–water partition coefficient (Wildman–Crippen LogP) is 2.17. The molecular weight excluding hydrogens is 334 g/mol. The van der Waals surface area contributed by atoms with Crippen LogP contribution in [0.15, 0.2) is 29.4 Å². The molecule has 0 radical (unpaired) electrons. The Kier molecular flexibility index (Phi) is 5.85. The lowest BCUT2D eigenvalue weighted by molar-refractivity contribution is 0.122. The highest BCUT2D eigenvalue weighted by Gasteiger charge is 2.14. The van der Waals surface area contributed by atoms with Gasteiger partial charge in [0.15, 0.2) is 5.82 Å². The molecule has 2 aromatic rings. The van der Waals surface area contributed by atoms with Crippen LogP contribution in [0.25, 0.3) is 0 Å². The first kappa shape index (κ1) is 17.9. The number of hydrazone groups is 1. The molecule has 1 fully saturated rings. The first-order valence-electron chi connectivity index (χ1n) is 8.59. The summed E-state index contributed by atoms with van der Waals surface area (Å²) in [7, 11) is 0. The molecule has 1 aliphatic rings.